The molecule has 0 spiro atoms. The van der Waals surface area contributed by atoms with Crippen molar-refractivity contribution in [3.8, 4) is 5.75 Å². The van der Waals surface area contributed by atoms with Gasteiger partial charge < -0.3 is 4.74 Å². The third-order valence-electron chi connectivity index (χ3n) is 3.07. The fourth-order valence-corrected chi connectivity index (χ4v) is 2.45. The molecule has 0 fully saturated rings. The second kappa shape index (κ2) is 7.01. The Morgan fingerprint density at radius 1 is 1.16 bits per heavy atom. The van der Waals surface area contributed by atoms with Gasteiger partial charge in [-0.1, -0.05) is 46.3 Å². The van der Waals surface area contributed by atoms with Crippen molar-refractivity contribution in [2.45, 2.75) is 12.8 Å². The van der Waals surface area contributed by atoms with Crippen molar-refractivity contribution in [3.05, 3.63) is 64.1 Å². The minimum Gasteiger partial charge on any atom is -0.493 e. The maximum Gasteiger partial charge on any atom is 0.119 e. The summed E-state index contributed by atoms with van der Waals surface area (Å²) in [6, 6.07) is 16.4. The van der Waals surface area contributed by atoms with Crippen LogP contribution >= 0.6 is 28.6 Å². The Morgan fingerprint density at radius 2 is 1.89 bits per heavy atom. The SMILES string of the molecule is Cc1cc(OCC(CS)c2ccccc2)ccc1Br. The lowest BCUT2D eigenvalue weighted by atomic mass is 10.0. The van der Waals surface area contributed by atoms with Crippen LogP contribution in [0.25, 0.3) is 0 Å². The Hall–Kier alpha value is -0.930. The summed E-state index contributed by atoms with van der Waals surface area (Å²) in [5.74, 6) is 2.00. The molecule has 1 unspecified atom stereocenters. The average Bonchev–Trinajstić information content (AvgIpc) is 2.44. The predicted molar refractivity (Wildman–Crippen MR) is 87.4 cm³/mol. The van der Waals surface area contributed by atoms with E-state index in [9.17, 15) is 0 Å². The zero-order valence-electron chi connectivity index (χ0n) is 10.8. The molecule has 1 nitrogen and oxygen atoms in total. The summed E-state index contributed by atoms with van der Waals surface area (Å²) in [5, 5.41) is 0. The van der Waals surface area contributed by atoms with Crippen LogP contribution in [-0.4, -0.2) is 12.4 Å². The molecule has 0 aliphatic carbocycles. The first-order valence-electron chi connectivity index (χ1n) is 6.25. The predicted octanol–water partition coefficient (Wildman–Crippen LogP) is 4.85. The van der Waals surface area contributed by atoms with E-state index in [4.69, 9.17) is 4.74 Å². The molecule has 0 N–H and O–H groups in total. The van der Waals surface area contributed by atoms with Gasteiger partial charge >= 0.3 is 0 Å². The minimum atomic E-state index is 0.313. The monoisotopic (exact) mass is 336 g/mol. The van der Waals surface area contributed by atoms with Crippen LogP contribution < -0.4 is 4.74 Å². The fourth-order valence-electron chi connectivity index (χ4n) is 1.88. The van der Waals surface area contributed by atoms with Crippen molar-refractivity contribution in [2.24, 2.45) is 0 Å². The Balaban J connectivity index is 2.02. The maximum atomic E-state index is 5.88. The Labute approximate surface area is 128 Å². The molecule has 0 aliphatic rings. The lowest BCUT2D eigenvalue weighted by Gasteiger charge is -2.16. The number of ether oxygens (including phenoxy) is 1. The van der Waals surface area contributed by atoms with E-state index in [0.29, 0.717) is 12.5 Å². The van der Waals surface area contributed by atoms with Crippen molar-refractivity contribution >= 4 is 28.6 Å². The average molecular weight is 337 g/mol. The van der Waals surface area contributed by atoms with Gasteiger partial charge in [-0.2, -0.15) is 12.6 Å². The van der Waals surface area contributed by atoms with Gasteiger partial charge in [0.2, 0.25) is 0 Å². The highest BCUT2D eigenvalue weighted by atomic mass is 79.9. The molecule has 0 amide bonds. The highest BCUT2D eigenvalue weighted by Gasteiger charge is 2.10. The summed E-state index contributed by atoms with van der Waals surface area (Å²) >= 11 is 7.91. The smallest absolute Gasteiger partial charge is 0.119 e. The Bertz CT molecular complexity index is 528. The molecule has 3 heteroatoms. The zero-order chi connectivity index (χ0) is 13.7. The van der Waals surface area contributed by atoms with Gasteiger partial charge in [-0.25, -0.2) is 0 Å². The Kier molecular flexibility index (Phi) is 5.34. The van der Waals surface area contributed by atoms with Crippen LogP contribution in [0.1, 0.15) is 17.0 Å². The van der Waals surface area contributed by atoms with Gasteiger partial charge in [0.05, 0.1) is 6.61 Å². The van der Waals surface area contributed by atoms with Crippen molar-refractivity contribution in [3.63, 3.8) is 0 Å². The van der Waals surface area contributed by atoms with Gasteiger partial charge in [0.25, 0.3) is 0 Å². The van der Waals surface area contributed by atoms with Gasteiger partial charge in [-0.15, -0.1) is 0 Å². The lowest BCUT2D eigenvalue weighted by Crippen LogP contribution is -2.12. The molecule has 100 valence electrons. The summed E-state index contributed by atoms with van der Waals surface area (Å²) < 4.78 is 6.98. The standard InChI is InChI=1S/C16H17BrOS/c1-12-9-15(7-8-16(12)17)18-10-14(11-19)13-5-3-2-4-6-13/h2-9,14,19H,10-11H2,1H3. The molecule has 0 heterocycles. The number of benzene rings is 2. The third kappa shape index (κ3) is 4.02. The summed E-state index contributed by atoms with van der Waals surface area (Å²) in [6.45, 7) is 2.71. The highest BCUT2D eigenvalue weighted by molar-refractivity contribution is 9.10. The van der Waals surface area contributed by atoms with Crippen LogP contribution in [0.4, 0.5) is 0 Å². The van der Waals surface area contributed by atoms with Gasteiger partial charge in [0.1, 0.15) is 5.75 Å². The van der Waals surface area contributed by atoms with Gasteiger partial charge in [0.15, 0.2) is 0 Å². The topological polar surface area (TPSA) is 9.23 Å². The van der Waals surface area contributed by atoms with Crippen LogP contribution in [0.3, 0.4) is 0 Å². The summed E-state index contributed by atoms with van der Waals surface area (Å²) in [7, 11) is 0. The van der Waals surface area contributed by atoms with Gasteiger partial charge in [-0.3, -0.25) is 0 Å². The summed E-state index contributed by atoms with van der Waals surface area (Å²) in [5.41, 5.74) is 2.45. The van der Waals surface area contributed by atoms with Crippen LogP contribution in [-0.2, 0) is 0 Å². The molecule has 2 aromatic carbocycles. The lowest BCUT2D eigenvalue weighted by molar-refractivity contribution is 0.297. The van der Waals surface area contributed by atoms with E-state index >= 15 is 0 Å². The molecule has 19 heavy (non-hydrogen) atoms. The second-order valence-electron chi connectivity index (χ2n) is 4.51. The normalized spacial score (nSPS) is 12.2. The number of aryl methyl sites for hydroxylation is 1. The molecule has 0 aliphatic heterocycles. The molecule has 0 bridgehead atoms. The van der Waals surface area contributed by atoms with Gasteiger partial charge in [0, 0.05) is 16.1 Å². The molecule has 0 aromatic heterocycles. The fraction of sp³-hybridized carbons (Fsp3) is 0.250. The largest absolute Gasteiger partial charge is 0.493 e. The van der Waals surface area contributed by atoms with Crippen LogP contribution in [0.2, 0.25) is 0 Å². The van der Waals surface area contributed by atoms with Crippen LogP contribution in [0, 0.1) is 6.92 Å². The van der Waals surface area contributed by atoms with E-state index in [1.807, 2.05) is 24.3 Å². The first-order valence-corrected chi connectivity index (χ1v) is 7.68. The molecule has 2 rings (SSSR count). The van der Waals surface area contributed by atoms with Gasteiger partial charge in [-0.05, 0) is 36.2 Å². The maximum absolute atomic E-state index is 5.88. The molecule has 2 aromatic rings. The number of hydrogen-bond acceptors (Lipinski definition) is 2. The summed E-state index contributed by atoms with van der Waals surface area (Å²) in [4.78, 5) is 0. The van der Waals surface area contributed by atoms with Crippen molar-refractivity contribution < 1.29 is 4.74 Å². The molecule has 0 saturated carbocycles. The zero-order valence-corrected chi connectivity index (χ0v) is 13.3. The third-order valence-corrected chi connectivity index (χ3v) is 4.40. The Morgan fingerprint density at radius 3 is 2.53 bits per heavy atom. The molecular formula is C16H17BrOS. The van der Waals surface area contributed by atoms with Crippen LogP contribution in [0.15, 0.2) is 53.0 Å². The first kappa shape index (κ1) is 14.5. The first-order chi connectivity index (χ1) is 9.20. The van der Waals surface area contributed by atoms with E-state index in [0.717, 1.165) is 16.0 Å². The number of rotatable bonds is 5. The van der Waals surface area contributed by atoms with E-state index in [1.165, 1.54) is 11.1 Å². The van der Waals surface area contributed by atoms with Crippen molar-refractivity contribution in [1.29, 1.82) is 0 Å². The quantitative estimate of drug-likeness (QED) is 0.768. The highest BCUT2D eigenvalue weighted by Crippen LogP contribution is 2.24. The molecule has 1 atom stereocenters. The second-order valence-corrected chi connectivity index (χ2v) is 5.73. The van der Waals surface area contributed by atoms with E-state index in [1.54, 1.807) is 0 Å². The molecule has 0 radical (unpaired) electrons. The van der Waals surface area contributed by atoms with Crippen molar-refractivity contribution in [2.75, 3.05) is 12.4 Å². The van der Waals surface area contributed by atoms with Crippen molar-refractivity contribution in [1.82, 2.24) is 0 Å². The van der Waals surface area contributed by atoms with E-state index < -0.39 is 0 Å². The molecular weight excluding hydrogens is 320 g/mol. The number of halogens is 1. The number of hydrogen-bond donors (Lipinski definition) is 1. The molecule has 0 saturated heterocycles. The minimum absolute atomic E-state index is 0.313. The number of thiol groups is 1. The van der Waals surface area contributed by atoms with E-state index in [2.05, 4.69) is 59.7 Å². The van der Waals surface area contributed by atoms with Crippen LogP contribution in [0.5, 0.6) is 5.75 Å². The summed E-state index contributed by atoms with van der Waals surface area (Å²) in [6.07, 6.45) is 0. The van der Waals surface area contributed by atoms with E-state index in [-0.39, 0.29) is 0 Å².